The molecule has 0 atom stereocenters. The lowest BCUT2D eigenvalue weighted by Gasteiger charge is -2.14. The number of halogens is 2. The Bertz CT molecular complexity index is 836. The molecule has 26 heavy (non-hydrogen) atoms. The molecule has 0 radical (unpaired) electrons. The van der Waals surface area contributed by atoms with Crippen LogP contribution in [0.1, 0.15) is 36.5 Å². The van der Waals surface area contributed by atoms with Gasteiger partial charge >= 0.3 is 0 Å². The number of amides is 1. The predicted molar refractivity (Wildman–Crippen MR) is 110 cm³/mol. The number of rotatable bonds is 6. The van der Waals surface area contributed by atoms with Gasteiger partial charge in [0, 0.05) is 10.0 Å². The van der Waals surface area contributed by atoms with Crippen molar-refractivity contribution < 1.29 is 14.6 Å². The largest absolute Gasteiger partial charge is 0.506 e. The summed E-state index contributed by atoms with van der Waals surface area (Å²) in [5.41, 5.74) is 4.98. The monoisotopic (exact) mass is 482 g/mol. The van der Waals surface area contributed by atoms with E-state index in [2.05, 4.69) is 56.2 Å². The molecule has 5 nitrogen and oxygen atoms in total. The third kappa shape index (κ3) is 5.57. The average Bonchev–Trinajstić information content (AvgIpc) is 2.57. The number of aryl methyl sites for hydroxylation is 1. The first-order chi connectivity index (χ1) is 12.3. The second-order valence-electron chi connectivity index (χ2n) is 6.10. The maximum absolute atomic E-state index is 12.0. The Labute approximate surface area is 169 Å². The summed E-state index contributed by atoms with van der Waals surface area (Å²) in [4.78, 5) is 12.0. The van der Waals surface area contributed by atoms with E-state index >= 15 is 0 Å². The van der Waals surface area contributed by atoms with Crippen molar-refractivity contribution in [1.82, 2.24) is 5.43 Å². The second kappa shape index (κ2) is 9.19. The summed E-state index contributed by atoms with van der Waals surface area (Å²) >= 11 is 6.58. The Balaban J connectivity index is 1.97. The van der Waals surface area contributed by atoms with Crippen LogP contribution in [0.3, 0.4) is 0 Å². The number of hydrazone groups is 1. The third-order valence-electron chi connectivity index (χ3n) is 3.60. The predicted octanol–water partition coefficient (Wildman–Crippen LogP) is 4.88. The van der Waals surface area contributed by atoms with Gasteiger partial charge in [-0.2, -0.15) is 5.10 Å². The van der Waals surface area contributed by atoms with Crippen molar-refractivity contribution in [2.45, 2.75) is 26.7 Å². The van der Waals surface area contributed by atoms with Gasteiger partial charge in [0.25, 0.3) is 5.91 Å². The van der Waals surface area contributed by atoms with E-state index in [4.69, 9.17) is 4.74 Å². The lowest BCUT2D eigenvalue weighted by atomic mass is 10.0. The van der Waals surface area contributed by atoms with Gasteiger partial charge < -0.3 is 9.84 Å². The molecule has 0 unspecified atom stereocenters. The zero-order valence-electron chi connectivity index (χ0n) is 14.7. The van der Waals surface area contributed by atoms with Crippen LogP contribution in [0.15, 0.2) is 44.4 Å². The molecule has 2 N–H and O–H groups in total. The topological polar surface area (TPSA) is 70.9 Å². The van der Waals surface area contributed by atoms with Crippen molar-refractivity contribution in [2.24, 2.45) is 5.10 Å². The van der Waals surface area contributed by atoms with Crippen LogP contribution in [0.5, 0.6) is 11.5 Å². The number of nitrogens with zero attached hydrogens (tertiary/aromatic N) is 1. The fraction of sp³-hybridized carbons (Fsp3) is 0.263. The summed E-state index contributed by atoms with van der Waals surface area (Å²) in [7, 11) is 0. The van der Waals surface area contributed by atoms with Crippen LogP contribution in [0.2, 0.25) is 0 Å². The first kappa shape index (κ1) is 20.5. The Morgan fingerprint density at radius 3 is 2.73 bits per heavy atom. The van der Waals surface area contributed by atoms with Crippen molar-refractivity contribution in [1.29, 1.82) is 0 Å². The minimum atomic E-state index is -0.383. The number of hydrogen-bond donors (Lipinski definition) is 2. The molecule has 0 aliphatic heterocycles. The van der Waals surface area contributed by atoms with Gasteiger partial charge in [0.2, 0.25) is 0 Å². The van der Waals surface area contributed by atoms with E-state index in [0.717, 1.165) is 15.6 Å². The smallest absolute Gasteiger partial charge is 0.277 e. The van der Waals surface area contributed by atoms with E-state index in [-0.39, 0.29) is 18.3 Å². The highest BCUT2D eigenvalue weighted by atomic mass is 79.9. The minimum absolute atomic E-state index is 0.0452. The number of ether oxygens (including phenoxy) is 1. The molecule has 1 amide bonds. The van der Waals surface area contributed by atoms with E-state index in [1.54, 1.807) is 12.1 Å². The molecule has 7 heteroatoms. The number of phenols is 1. The van der Waals surface area contributed by atoms with Crippen LogP contribution in [-0.4, -0.2) is 23.8 Å². The van der Waals surface area contributed by atoms with Crippen molar-refractivity contribution in [3.63, 3.8) is 0 Å². The summed E-state index contributed by atoms with van der Waals surface area (Å²) in [6.07, 6.45) is 1.37. The first-order valence-corrected chi connectivity index (χ1v) is 9.59. The fourth-order valence-electron chi connectivity index (χ4n) is 2.28. The number of benzene rings is 2. The highest BCUT2D eigenvalue weighted by Crippen LogP contribution is 2.30. The van der Waals surface area contributed by atoms with Gasteiger partial charge in [-0.3, -0.25) is 4.79 Å². The molecule has 0 saturated carbocycles. The van der Waals surface area contributed by atoms with Crippen molar-refractivity contribution in [3.05, 3.63) is 56.0 Å². The fourth-order valence-corrected chi connectivity index (χ4v) is 3.54. The van der Waals surface area contributed by atoms with Gasteiger partial charge in [0.05, 0.1) is 10.7 Å². The molecule has 2 aromatic carbocycles. The van der Waals surface area contributed by atoms with Gasteiger partial charge in [-0.25, -0.2) is 5.43 Å². The highest BCUT2D eigenvalue weighted by molar-refractivity contribution is 9.11. The number of aromatic hydroxyl groups is 1. The van der Waals surface area contributed by atoms with Crippen LogP contribution in [0.4, 0.5) is 0 Å². The van der Waals surface area contributed by atoms with Crippen LogP contribution in [0, 0.1) is 6.92 Å². The summed E-state index contributed by atoms with van der Waals surface area (Å²) < 4.78 is 6.96. The molecule has 0 aromatic heterocycles. The third-order valence-corrected chi connectivity index (χ3v) is 4.66. The Kier molecular flexibility index (Phi) is 7.23. The maximum atomic E-state index is 12.0. The van der Waals surface area contributed by atoms with Crippen molar-refractivity contribution in [2.75, 3.05) is 6.61 Å². The molecule has 0 bridgehead atoms. The molecular formula is C19H20Br2N2O3. The van der Waals surface area contributed by atoms with Gasteiger partial charge in [-0.1, -0.05) is 41.9 Å². The SMILES string of the molecule is Cc1ccc(C(C)C)c(OCC(=O)N/N=C/c2cc(Br)cc(Br)c2O)c1. The van der Waals surface area contributed by atoms with Crippen LogP contribution in [0.25, 0.3) is 0 Å². The van der Waals surface area contributed by atoms with Crippen molar-refractivity contribution in [3.8, 4) is 11.5 Å². The van der Waals surface area contributed by atoms with Crippen LogP contribution >= 0.6 is 31.9 Å². The lowest BCUT2D eigenvalue weighted by molar-refractivity contribution is -0.123. The van der Waals surface area contributed by atoms with E-state index < -0.39 is 0 Å². The van der Waals surface area contributed by atoms with E-state index in [0.29, 0.717) is 21.7 Å². The quantitative estimate of drug-likeness (QED) is 0.454. The van der Waals surface area contributed by atoms with Crippen LogP contribution in [-0.2, 0) is 4.79 Å². The zero-order valence-corrected chi connectivity index (χ0v) is 17.9. The van der Waals surface area contributed by atoms with Gasteiger partial charge in [0.1, 0.15) is 11.5 Å². The molecule has 2 rings (SSSR count). The average molecular weight is 484 g/mol. The minimum Gasteiger partial charge on any atom is -0.506 e. The summed E-state index contributed by atoms with van der Waals surface area (Å²) in [6, 6.07) is 9.36. The van der Waals surface area contributed by atoms with E-state index in [1.165, 1.54) is 6.21 Å². The molecule has 0 fully saturated rings. The maximum Gasteiger partial charge on any atom is 0.277 e. The normalized spacial score (nSPS) is 11.2. The summed E-state index contributed by atoms with van der Waals surface area (Å²) in [5, 5.41) is 13.8. The van der Waals surface area contributed by atoms with E-state index in [1.807, 2.05) is 25.1 Å². The molecular weight excluding hydrogens is 464 g/mol. The van der Waals surface area contributed by atoms with Gasteiger partial charge in [0.15, 0.2) is 6.61 Å². The van der Waals surface area contributed by atoms with E-state index in [9.17, 15) is 9.90 Å². The molecule has 0 heterocycles. The molecule has 0 saturated heterocycles. The first-order valence-electron chi connectivity index (χ1n) is 8.01. The number of carbonyl (C=O) groups is 1. The number of phenolic OH excluding ortho intramolecular Hbond substituents is 1. The Morgan fingerprint density at radius 2 is 2.04 bits per heavy atom. The number of hydrogen-bond acceptors (Lipinski definition) is 4. The summed E-state index contributed by atoms with van der Waals surface area (Å²) in [5.74, 6) is 0.659. The zero-order chi connectivity index (χ0) is 19.3. The van der Waals surface area contributed by atoms with Gasteiger partial charge in [-0.15, -0.1) is 0 Å². The molecule has 0 aliphatic carbocycles. The van der Waals surface area contributed by atoms with Crippen molar-refractivity contribution >= 4 is 44.0 Å². The Hall–Kier alpha value is -1.86. The van der Waals surface area contributed by atoms with Crippen LogP contribution < -0.4 is 10.2 Å². The Morgan fingerprint density at radius 1 is 1.31 bits per heavy atom. The second-order valence-corrected chi connectivity index (χ2v) is 7.87. The number of carbonyl (C=O) groups excluding carboxylic acids is 1. The highest BCUT2D eigenvalue weighted by Gasteiger charge is 2.10. The number of nitrogens with one attached hydrogen (secondary N) is 1. The molecule has 0 aliphatic rings. The van der Waals surface area contributed by atoms with Gasteiger partial charge in [-0.05, 0) is 58.1 Å². The molecule has 0 spiro atoms. The lowest BCUT2D eigenvalue weighted by Crippen LogP contribution is -2.25. The standard InChI is InChI=1S/C19H20Br2N2O3/c1-11(2)15-5-4-12(3)6-17(15)26-10-18(24)23-22-9-13-7-14(20)8-16(21)19(13)25/h4-9,11,25H,10H2,1-3H3,(H,23,24)/b22-9+. The summed E-state index contributed by atoms with van der Waals surface area (Å²) in [6.45, 7) is 5.98. The molecule has 2 aromatic rings. The molecule has 138 valence electrons.